The number of hydrogen-bond acceptors (Lipinski definition) is 2. The van der Waals surface area contributed by atoms with Crippen LogP contribution < -0.4 is 0 Å². The maximum atomic E-state index is 11.2. The summed E-state index contributed by atoms with van der Waals surface area (Å²) in [5.41, 5.74) is -0.109. The van der Waals surface area contributed by atoms with E-state index in [4.69, 9.17) is 5.11 Å². The third kappa shape index (κ3) is 3.02. The molecule has 0 amide bonds. The molecule has 0 unspecified atom stereocenters. The molecule has 0 saturated heterocycles. The maximum Gasteiger partial charge on any atom is 0.138 e. The summed E-state index contributed by atoms with van der Waals surface area (Å²) in [6.45, 7) is 7.72. The Morgan fingerprint density at radius 3 is 2.00 bits per heavy atom. The molecule has 2 heteroatoms. The molecular formula is C9H18O2. The molecule has 0 aromatic heterocycles. The zero-order valence-electron chi connectivity index (χ0n) is 7.85. The second-order valence-electron chi connectivity index (χ2n) is 3.92. The van der Waals surface area contributed by atoms with Crippen molar-refractivity contribution in [2.45, 2.75) is 34.1 Å². The van der Waals surface area contributed by atoms with Crippen LogP contribution in [0.5, 0.6) is 0 Å². The quantitative estimate of drug-likeness (QED) is 0.677. The molecule has 1 atom stereocenters. The molecule has 0 saturated carbocycles. The van der Waals surface area contributed by atoms with Gasteiger partial charge < -0.3 is 5.11 Å². The van der Waals surface area contributed by atoms with E-state index in [1.54, 1.807) is 0 Å². The molecule has 0 bridgehead atoms. The van der Waals surface area contributed by atoms with Crippen molar-refractivity contribution in [3.63, 3.8) is 0 Å². The van der Waals surface area contributed by atoms with E-state index in [1.165, 1.54) is 0 Å². The Kier molecular flexibility index (Phi) is 3.73. The number of Topliss-reactive ketones (excluding diaryl/α,β-unsaturated/α-hetero) is 1. The van der Waals surface area contributed by atoms with Crippen molar-refractivity contribution in [1.29, 1.82) is 0 Å². The van der Waals surface area contributed by atoms with Crippen molar-refractivity contribution in [1.82, 2.24) is 0 Å². The summed E-state index contributed by atoms with van der Waals surface area (Å²) in [6.07, 6.45) is 0.516. The van der Waals surface area contributed by atoms with E-state index in [1.807, 2.05) is 27.7 Å². The van der Waals surface area contributed by atoms with Crippen molar-refractivity contribution in [3.8, 4) is 0 Å². The maximum absolute atomic E-state index is 11.2. The zero-order chi connectivity index (χ0) is 9.07. The van der Waals surface area contributed by atoms with Crippen LogP contribution in [0.2, 0.25) is 0 Å². The Labute approximate surface area is 68.6 Å². The number of hydrogen-bond donors (Lipinski definition) is 1. The minimum Gasteiger partial charge on any atom is -0.396 e. The number of aliphatic hydroxyl groups is 1. The lowest BCUT2D eigenvalue weighted by atomic mass is 9.78. The van der Waals surface area contributed by atoms with E-state index in [0.29, 0.717) is 6.42 Å². The molecule has 0 spiro atoms. The van der Waals surface area contributed by atoms with Gasteiger partial charge in [-0.3, -0.25) is 4.79 Å². The number of ketones is 1. The summed E-state index contributed by atoms with van der Waals surface area (Å²) in [5.74, 6) is -0.0486. The zero-order valence-corrected chi connectivity index (χ0v) is 7.85. The molecule has 0 rings (SSSR count). The van der Waals surface area contributed by atoms with Gasteiger partial charge in [0.05, 0.1) is 6.61 Å². The molecule has 2 nitrogen and oxygen atoms in total. The van der Waals surface area contributed by atoms with Gasteiger partial charge in [0.25, 0.3) is 0 Å². The summed E-state index contributed by atoms with van der Waals surface area (Å²) in [4.78, 5) is 11.2. The lowest BCUT2D eigenvalue weighted by Gasteiger charge is -2.27. The molecule has 11 heavy (non-hydrogen) atoms. The topological polar surface area (TPSA) is 37.3 Å². The molecule has 0 radical (unpaired) electrons. The SMILES string of the molecule is CCC(=O)[C@@H](CO)C(C)(C)C. The van der Waals surface area contributed by atoms with Crippen LogP contribution in [0.25, 0.3) is 0 Å². The Hall–Kier alpha value is -0.370. The average Bonchev–Trinajstić information content (AvgIpc) is 1.86. The molecular weight excluding hydrogens is 140 g/mol. The van der Waals surface area contributed by atoms with Gasteiger partial charge in [0, 0.05) is 12.3 Å². The monoisotopic (exact) mass is 158 g/mol. The number of carbonyl (C=O) groups is 1. The van der Waals surface area contributed by atoms with Gasteiger partial charge in [0.15, 0.2) is 0 Å². The first kappa shape index (κ1) is 10.6. The first-order valence-electron chi connectivity index (χ1n) is 4.07. The van der Waals surface area contributed by atoms with Gasteiger partial charge in [-0.05, 0) is 5.41 Å². The second-order valence-corrected chi connectivity index (χ2v) is 3.92. The fourth-order valence-electron chi connectivity index (χ4n) is 1.11. The fourth-order valence-corrected chi connectivity index (χ4v) is 1.11. The molecule has 0 aromatic rings. The highest BCUT2D eigenvalue weighted by Crippen LogP contribution is 2.26. The first-order valence-corrected chi connectivity index (χ1v) is 4.07. The van der Waals surface area contributed by atoms with Crippen molar-refractivity contribution in [2.24, 2.45) is 11.3 Å². The van der Waals surface area contributed by atoms with E-state index < -0.39 is 0 Å². The van der Waals surface area contributed by atoms with Crippen LogP contribution in [-0.2, 0) is 4.79 Å². The van der Waals surface area contributed by atoms with Gasteiger partial charge in [-0.15, -0.1) is 0 Å². The predicted octanol–water partition coefficient (Wildman–Crippen LogP) is 1.62. The summed E-state index contributed by atoms with van der Waals surface area (Å²) in [6, 6.07) is 0. The molecule has 0 aliphatic carbocycles. The average molecular weight is 158 g/mol. The Bertz CT molecular complexity index is 133. The molecule has 0 aliphatic heterocycles. The van der Waals surface area contributed by atoms with Gasteiger partial charge in [-0.2, -0.15) is 0 Å². The standard InChI is InChI=1S/C9H18O2/c1-5-8(11)7(6-10)9(2,3)4/h7,10H,5-6H2,1-4H3/t7-/m1/s1. The first-order chi connectivity index (χ1) is 4.93. The smallest absolute Gasteiger partial charge is 0.138 e. The lowest BCUT2D eigenvalue weighted by Crippen LogP contribution is -2.31. The number of aliphatic hydroxyl groups excluding tert-OH is 1. The van der Waals surface area contributed by atoms with Gasteiger partial charge in [0.2, 0.25) is 0 Å². The van der Waals surface area contributed by atoms with Gasteiger partial charge >= 0.3 is 0 Å². The summed E-state index contributed by atoms with van der Waals surface area (Å²) in [5, 5.41) is 8.94. The van der Waals surface area contributed by atoms with Crippen molar-refractivity contribution in [3.05, 3.63) is 0 Å². The fraction of sp³-hybridized carbons (Fsp3) is 0.889. The molecule has 0 aromatic carbocycles. The van der Waals surface area contributed by atoms with Crippen LogP contribution in [0, 0.1) is 11.3 Å². The minimum absolute atomic E-state index is 0.0316. The van der Waals surface area contributed by atoms with Gasteiger partial charge in [-0.25, -0.2) is 0 Å². The van der Waals surface area contributed by atoms with Crippen LogP contribution >= 0.6 is 0 Å². The van der Waals surface area contributed by atoms with E-state index in [2.05, 4.69) is 0 Å². The Balaban J connectivity index is 4.29. The highest BCUT2D eigenvalue weighted by molar-refractivity contribution is 5.81. The Morgan fingerprint density at radius 1 is 1.45 bits per heavy atom. The van der Waals surface area contributed by atoms with Crippen LogP contribution in [0.15, 0.2) is 0 Å². The van der Waals surface area contributed by atoms with Gasteiger partial charge in [0.1, 0.15) is 5.78 Å². The van der Waals surface area contributed by atoms with Gasteiger partial charge in [-0.1, -0.05) is 27.7 Å². The van der Waals surface area contributed by atoms with Crippen molar-refractivity contribution < 1.29 is 9.90 Å². The van der Waals surface area contributed by atoms with Crippen LogP contribution in [0.1, 0.15) is 34.1 Å². The molecule has 0 aliphatic rings. The highest BCUT2D eigenvalue weighted by Gasteiger charge is 2.28. The summed E-state index contributed by atoms with van der Waals surface area (Å²) < 4.78 is 0. The minimum atomic E-state index is -0.201. The largest absolute Gasteiger partial charge is 0.396 e. The summed E-state index contributed by atoms with van der Waals surface area (Å²) >= 11 is 0. The van der Waals surface area contributed by atoms with E-state index in [-0.39, 0.29) is 23.7 Å². The van der Waals surface area contributed by atoms with Crippen molar-refractivity contribution >= 4 is 5.78 Å². The second kappa shape index (κ2) is 3.86. The summed E-state index contributed by atoms with van der Waals surface area (Å²) in [7, 11) is 0. The third-order valence-corrected chi connectivity index (χ3v) is 1.97. The van der Waals surface area contributed by atoms with Crippen molar-refractivity contribution in [2.75, 3.05) is 6.61 Å². The molecule has 66 valence electrons. The number of rotatable bonds is 3. The van der Waals surface area contributed by atoms with Crippen LogP contribution in [0.4, 0.5) is 0 Å². The van der Waals surface area contributed by atoms with Crippen LogP contribution in [0.3, 0.4) is 0 Å². The van der Waals surface area contributed by atoms with E-state index in [9.17, 15) is 4.79 Å². The van der Waals surface area contributed by atoms with E-state index in [0.717, 1.165) is 0 Å². The number of carbonyl (C=O) groups excluding carboxylic acids is 1. The lowest BCUT2D eigenvalue weighted by molar-refractivity contribution is -0.127. The Morgan fingerprint density at radius 2 is 1.91 bits per heavy atom. The molecule has 0 heterocycles. The van der Waals surface area contributed by atoms with E-state index >= 15 is 0 Å². The highest BCUT2D eigenvalue weighted by atomic mass is 16.3. The molecule has 0 fully saturated rings. The molecule has 1 N–H and O–H groups in total. The predicted molar refractivity (Wildman–Crippen MR) is 45.3 cm³/mol. The van der Waals surface area contributed by atoms with Crippen LogP contribution in [-0.4, -0.2) is 17.5 Å². The third-order valence-electron chi connectivity index (χ3n) is 1.97. The normalized spacial score (nSPS) is 14.6.